The van der Waals surface area contributed by atoms with Crippen molar-refractivity contribution in [3.05, 3.63) is 0 Å². The van der Waals surface area contributed by atoms with Crippen LogP contribution in [0.1, 0.15) is 113 Å². The molecule has 4 saturated carbocycles. The Morgan fingerprint density at radius 2 is 1.38 bits per heavy atom. The van der Waals surface area contributed by atoms with E-state index in [2.05, 4.69) is 34.6 Å². The quantitative estimate of drug-likeness (QED) is 0.525. The Hall–Kier alpha value is -0.410. The average Bonchev–Trinajstić information content (AvgIpc) is 3.27. The highest BCUT2D eigenvalue weighted by atomic mass is 16.5. The normalized spacial score (nSPS) is 52.9. The second-order valence-electron chi connectivity index (χ2n) is 14.4. The molecule has 1 aliphatic heterocycles. The van der Waals surface area contributed by atoms with Crippen LogP contribution in [0.25, 0.3) is 0 Å². The third-order valence-corrected chi connectivity index (χ3v) is 12.2. The Labute approximate surface area is 196 Å². The minimum Gasteiger partial charge on any atom is -0.388 e. The fraction of sp³-hybridized carbons (Fsp3) is 0.966. The number of fused-ring (bicyclic) bond motifs is 5. The number of ether oxygens (including phenoxy) is 1. The molecule has 0 aromatic rings. The Morgan fingerprint density at radius 1 is 0.781 bits per heavy atom. The first kappa shape index (κ1) is 23.3. The monoisotopic (exact) mass is 444 g/mol. The maximum Gasteiger partial charge on any atom is 0.138 e. The number of hydrogen-bond donors (Lipinski definition) is 1. The highest BCUT2D eigenvalue weighted by Crippen LogP contribution is 2.71. The van der Waals surface area contributed by atoms with Gasteiger partial charge in [-0.2, -0.15) is 0 Å². The van der Waals surface area contributed by atoms with E-state index >= 15 is 0 Å². The van der Waals surface area contributed by atoms with Crippen molar-refractivity contribution in [3.63, 3.8) is 0 Å². The van der Waals surface area contributed by atoms with E-state index in [-0.39, 0.29) is 17.1 Å². The number of rotatable bonds is 2. The Kier molecular flexibility index (Phi) is 5.15. The molecule has 182 valence electrons. The molecule has 5 rings (SSSR count). The number of aliphatic hydroxyl groups is 1. The third-order valence-electron chi connectivity index (χ3n) is 12.2. The zero-order valence-corrected chi connectivity index (χ0v) is 21.8. The van der Waals surface area contributed by atoms with Crippen LogP contribution in [-0.4, -0.2) is 28.2 Å². The molecule has 32 heavy (non-hydrogen) atoms. The van der Waals surface area contributed by atoms with Gasteiger partial charge in [-0.1, -0.05) is 27.7 Å². The molecule has 3 nitrogen and oxygen atoms in total. The molecule has 9 atom stereocenters. The van der Waals surface area contributed by atoms with Gasteiger partial charge in [0.25, 0.3) is 0 Å². The van der Waals surface area contributed by atoms with Crippen molar-refractivity contribution in [1.82, 2.24) is 0 Å². The summed E-state index contributed by atoms with van der Waals surface area (Å²) in [6.45, 7) is 15.8. The van der Waals surface area contributed by atoms with Gasteiger partial charge in [0.1, 0.15) is 5.78 Å². The SMILES string of the molecule is CC(C)(O)[C@@H]1CC[C@@](C)([C@H]2CC[C@]3(C)[C@@H]4CC[C@H]5C(C)(C)C(=O)CC[C@]5(C)[C@H]4CC[C@@H]23)O1. The maximum atomic E-state index is 12.8. The molecule has 5 aliphatic rings. The fourth-order valence-electron chi connectivity index (χ4n) is 10.4. The van der Waals surface area contributed by atoms with Crippen molar-refractivity contribution in [2.75, 3.05) is 0 Å². The van der Waals surface area contributed by atoms with E-state index in [9.17, 15) is 9.90 Å². The Balaban J connectivity index is 1.40. The first-order chi connectivity index (χ1) is 14.7. The second-order valence-corrected chi connectivity index (χ2v) is 14.4. The third kappa shape index (κ3) is 3.08. The van der Waals surface area contributed by atoms with E-state index in [0.29, 0.717) is 28.4 Å². The number of carbonyl (C=O) groups excluding carboxylic acids is 1. The highest BCUT2D eigenvalue weighted by Gasteiger charge is 2.65. The van der Waals surface area contributed by atoms with Crippen molar-refractivity contribution < 1.29 is 14.6 Å². The van der Waals surface area contributed by atoms with Gasteiger partial charge in [-0.15, -0.1) is 0 Å². The van der Waals surface area contributed by atoms with E-state index in [1.54, 1.807) is 0 Å². The molecule has 1 N–H and O–H groups in total. The Bertz CT molecular complexity index is 780. The van der Waals surface area contributed by atoms with Crippen molar-refractivity contribution in [1.29, 1.82) is 0 Å². The summed E-state index contributed by atoms with van der Waals surface area (Å²) >= 11 is 0. The summed E-state index contributed by atoms with van der Waals surface area (Å²) in [5.41, 5.74) is -0.250. The summed E-state index contributed by atoms with van der Waals surface area (Å²) < 4.78 is 6.68. The lowest BCUT2D eigenvalue weighted by Gasteiger charge is -2.64. The summed E-state index contributed by atoms with van der Waals surface area (Å²) in [5, 5.41) is 10.6. The van der Waals surface area contributed by atoms with E-state index in [4.69, 9.17) is 4.74 Å². The van der Waals surface area contributed by atoms with Crippen LogP contribution in [-0.2, 0) is 9.53 Å². The molecule has 0 bridgehead atoms. The minimum absolute atomic E-state index is 0.0351. The lowest BCUT2D eigenvalue weighted by molar-refractivity contribution is -0.177. The van der Waals surface area contributed by atoms with Crippen molar-refractivity contribution in [3.8, 4) is 0 Å². The number of ketones is 1. The minimum atomic E-state index is -0.754. The average molecular weight is 445 g/mol. The number of hydrogen-bond acceptors (Lipinski definition) is 3. The zero-order chi connectivity index (χ0) is 23.3. The smallest absolute Gasteiger partial charge is 0.138 e. The van der Waals surface area contributed by atoms with Crippen LogP contribution < -0.4 is 0 Å². The summed E-state index contributed by atoms with van der Waals surface area (Å²) in [6, 6.07) is 0. The molecule has 0 amide bonds. The predicted octanol–water partition coefficient (Wildman–Crippen LogP) is 6.56. The van der Waals surface area contributed by atoms with E-state index < -0.39 is 5.60 Å². The molecule has 0 aromatic heterocycles. The maximum absolute atomic E-state index is 12.8. The highest BCUT2D eigenvalue weighted by molar-refractivity contribution is 5.85. The number of carbonyl (C=O) groups is 1. The molecular weight excluding hydrogens is 396 g/mol. The summed E-state index contributed by atoms with van der Waals surface area (Å²) in [5.74, 6) is 4.00. The molecule has 0 aromatic carbocycles. The van der Waals surface area contributed by atoms with Crippen LogP contribution in [0.4, 0.5) is 0 Å². The topological polar surface area (TPSA) is 46.5 Å². The lowest BCUT2D eigenvalue weighted by atomic mass is 9.40. The molecule has 0 unspecified atom stereocenters. The Morgan fingerprint density at radius 3 is 2.00 bits per heavy atom. The molecule has 1 heterocycles. The van der Waals surface area contributed by atoms with Crippen molar-refractivity contribution in [2.45, 2.75) is 130 Å². The van der Waals surface area contributed by atoms with E-state index in [0.717, 1.165) is 43.4 Å². The van der Waals surface area contributed by atoms with Crippen molar-refractivity contribution >= 4 is 5.78 Å². The summed E-state index contributed by atoms with van der Waals surface area (Å²) in [4.78, 5) is 12.8. The zero-order valence-electron chi connectivity index (χ0n) is 21.8. The largest absolute Gasteiger partial charge is 0.388 e. The lowest BCUT2D eigenvalue weighted by Crippen LogP contribution is -2.59. The van der Waals surface area contributed by atoms with Gasteiger partial charge in [0, 0.05) is 11.8 Å². The fourth-order valence-corrected chi connectivity index (χ4v) is 10.4. The van der Waals surface area contributed by atoms with Gasteiger partial charge in [-0.25, -0.2) is 0 Å². The molecule has 4 aliphatic carbocycles. The number of Topliss-reactive ketones (excluding diaryl/α,β-unsaturated/α-hetero) is 1. The van der Waals surface area contributed by atoms with E-state index in [1.165, 1.54) is 38.5 Å². The van der Waals surface area contributed by atoms with Gasteiger partial charge >= 0.3 is 0 Å². The van der Waals surface area contributed by atoms with Gasteiger partial charge in [-0.05, 0) is 119 Å². The first-order valence-electron chi connectivity index (χ1n) is 13.7. The summed E-state index contributed by atoms with van der Waals surface area (Å²) in [7, 11) is 0. The molecular formula is C29H48O3. The van der Waals surface area contributed by atoms with Crippen LogP contribution in [0.15, 0.2) is 0 Å². The van der Waals surface area contributed by atoms with Crippen LogP contribution >= 0.6 is 0 Å². The van der Waals surface area contributed by atoms with E-state index in [1.807, 2.05) is 13.8 Å². The van der Waals surface area contributed by atoms with Gasteiger partial charge < -0.3 is 9.84 Å². The second kappa shape index (κ2) is 7.06. The van der Waals surface area contributed by atoms with Crippen LogP contribution in [0.2, 0.25) is 0 Å². The molecule has 5 fully saturated rings. The molecule has 1 saturated heterocycles. The van der Waals surface area contributed by atoms with Crippen molar-refractivity contribution in [2.24, 2.45) is 45.8 Å². The molecule has 0 radical (unpaired) electrons. The van der Waals surface area contributed by atoms with Gasteiger partial charge in [0.05, 0.1) is 17.3 Å². The molecule has 3 heteroatoms. The standard InChI is InChI=1S/C29H48O3/c1-25(2)22-11-10-18-19(28(22,6)16-13-23(25)30)8-9-20-21(12-15-27(18,20)5)29(7)17-14-24(32-29)26(3,4)31/h18-22,24,31H,8-17H2,1-7H3/t18-,19+,20+,21+,22+,24+,27-,28-,29+/m1/s1. The van der Waals surface area contributed by atoms with Gasteiger partial charge in [-0.3, -0.25) is 4.79 Å². The predicted molar refractivity (Wildman–Crippen MR) is 128 cm³/mol. The van der Waals surface area contributed by atoms with Gasteiger partial charge in [0.2, 0.25) is 0 Å². The molecule has 0 spiro atoms. The van der Waals surface area contributed by atoms with Crippen LogP contribution in [0, 0.1) is 45.8 Å². The van der Waals surface area contributed by atoms with Crippen LogP contribution in [0.3, 0.4) is 0 Å². The van der Waals surface area contributed by atoms with Crippen LogP contribution in [0.5, 0.6) is 0 Å². The summed E-state index contributed by atoms with van der Waals surface area (Å²) in [6.07, 6.45) is 11.8. The first-order valence-corrected chi connectivity index (χ1v) is 13.7. The van der Waals surface area contributed by atoms with Gasteiger partial charge in [0.15, 0.2) is 0 Å².